The fourth-order valence-electron chi connectivity index (χ4n) is 3.29. The first-order valence-electron chi connectivity index (χ1n) is 9.53. The summed E-state index contributed by atoms with van der Waals surface area (Å²) in [6.07, 6.45) is -0.148. The molecule has 3 rings (SSSR count). The highest BCUT2D eigenvalue weighted by atomic mass is 16.6. The van der Waals surface area contributed by atoms with Crippen LogP contribution in [0.1, 0.15) is 27.7 Å². The van der Waals surface area contributed by atoms with Crippen molar-refractivity contribution in [1.82, 2.24) is 0 Å². The van der Waals surface area contributed by atoms with Crippen LogP contribution in [0.3, 0.4) is 0 Å². The summed E-state index contributed by atoms with van der Waals surface area (Å²) in [5.74, 6) is 1.38. The van der Waals surface area contributed by atoms with E-state index in [2.05, 4.69) is 0 Å². The van der Waals surface area contributed by atoms with Gasteiger partial charge in [0, 0.05) is 23.5 Å². The third kappa shape index (κ3) is 4.34. The molecule has 4 unspecified atom stereocenters. The lowest BCUT2D eigenvalue weighted by Gasteiger charge is -2.52. The lowest BCUT2D eigenvalue weighted by atomic mass is 9.84. The molecule has 6 heteroatoms. The van der Waals surface area contributed by atoms with Crippen LogP contribution in [-0.4, -0.2) is 36.6 Å². The Morgan fingerprint density at radius 2 is 1.18 bits per heavy atom. The van der Waals surface area contributed by atoms with E-state index in [1.54, 1.807) is 12.1 Å². The van der Waals surface area contributed by atoms with E-state index in [0.29, 0.717) is 36.1 Å². The van der Waals surface area contributed by atoms with Gasteiger partial charge in [-0.15, -0.1) is 0 Å². The first kappa shape index (κ1) is 20.3. The van der Waals surface area contributed by atoms with Gasteiger partial charge in [0.15, 0.2) is 0 Å². The summed E-state index contributed by atoms with van der Waals surface area (Å²) in [5.41, 5.74) is 11.5. The zero-order valence-corrected chi connectivity index (χ0v) is 17.0. The molecule has 28 heavy (non-hydrogen) atoms. The molecule has 1 saturated heterocycles. The largest absolute Gasteiger partial charge is 0.490 e. The molecule has 0 saturated carbocycles. The Morgan fingerprint density at radius 3 is 1.54 bits per heavy atom. The van der Waals surface area contributed by atoms with E-state index >= 15 is 0 Å². The Balaban J connectivity index is 1.77. The molecule has 4 atom stereocenters. The molecule has 1 heterocycles. The van der Waals surface area contributed by atoms with Crippen LogP contribution in [-0.2, 0) is 9.47 Å². The van der Waals surface area contributed by atoms with E-state index < -0.39 is 11.2 Å². The number of nitrogens with two attached hydrogens (primary N) is 2. The predicted molar refractivity (Wildman–Crippen MR) is 111 cm³/mol. The van der Waals surface area contributed by atoms with Crippen molar-refractivity contribution >= 4 is 11.4 Å². The maximum absolute atomic E-state index is 6.38. The van der Waals surface area contributed by atoms with E-state index in [1.165, 1.54) is 0 Å². The molecule has 4 N–H and O–H groups in total. The van der Waals surface area contributed by atoms with E-state index in [4.69, 9.17) is 30.4 Å². The second-order valence-electron chi connectivity index (χ2n) is 7.83. The van der Waals surface area contributed by atoms with Crippen LogP contribution in [0.5, 0.6) is 11.5 Å². The Hall–Kier alpha value is -2.44. The van der Waals surface area contributed by atoms with Crippen molar-refractivity contribution in [3.63, 3.8) is 0 Å². The molecule has 0 amide bonds. The number of hydrogen-bond donors (Lipinski definition) is 2. The van der Waals surface area contributed by atoms with Crippen LogP contribution in [0.4, 0.5) is 11.4 Å². The Bertz CT molecular complexity index is 747. The smallest absolute Gasteiger partial charge is 0.132 e. The standard InChI is InChI=1S/C22H30N2O4/c1-15-16(2)28-22(4,14-26-20-10-6-8-18(24)12-20)21(3,27-15)13-25-19-9-5-7-17(23)11-19/h5-12,15-16H,13-14,23-24H2,1-4H3. The molecular weight excluding hydrogens is 356 g/mol. The number of rotatable bonds is 6. The number of hydrogen-bond acceptors (Lipinski definition) is 6. The van der Waals surface area contributed by atoms with Gasteiger partial charge in [-0.3, -0.25) is 0 Å². The van der Waals surface area contributed by atoms with Gasteiger partial charge in [0.05, 0.1) is 12.2 Å². The van der Waals surface area contributed by atoms with Crippen molar-refractivity contribution in [3.05, 3.63) is 48.5 Å². The maximum atomic E-state index is 6.38. The number of nitrogen functional groups attached to an aromatic ring is 2. The van der Waals surface area contributed by atoms with Gasteiger partial charge >= 0.3 is 0 Å². The molecule has 2 aromatic rings. The van der Waals surface area contributed by atoms with Crippen LogP contribution >= 0.6 is 0 Å². The average molecular weight is 386 g/mol. The molecule has 0 spiro atoms. The molecular formula is C22H30N2O4. The van der Waals surface area contributed by atoms with Crippen LogP contribution < -0.4 is 20.9 Å². The summed E-state index contributed by atoms with van der Waals surface area (Å²) in [4.78, 5) is 0. The van der Waals surface area contributed by atoms with Crippen LogP contribution in [0.25, 0.3) is 0 Å². The zero-order chi connectivity index (χ0) is 20.4. The van der Waals surface area contributed by atoms with Crippen molar-refractivity contribution < 1.29 is 18.9 Å². The molecule has 1 aliphatic heterocycles. The number of ether oxygens (including phenoxy) is 4. The van der Waals surface area contributed by atoms with Crippen molar-refractivity contribution in [2.45, 2.75) is 51.1 Å². The molecule has 1 aliphatic rings. The highest BCUT2D eigenvalue weighted by Gasteiger charge is 2.54. The first-order valence-corrected chi connectivity index (χ1v) is 9.53. The highest BCUT2D eigenvalue weighted by molar-refractivity contribution is 5.44. The first-order chi connectivity index (χ1) is 13.2. The summed E-state index contributed by atoms with van der Waals surface area (Å²) in [6.45, 7) is 8.58. The molecule has 0 radical (unpaired) electrons. The quantitative estimate of drug-likeness (QED) is 0.737. The van der Waals surface area contributed by atoms with Crippen molar-refractivity contribution in [2.24, 2.45) is 0 Å². The molecule has 0 bridgehead atoms. The average Bonchev–Trinajstić information content (AvgIpc) is 2.64. The Labute approximate surface area is 166 Å². The lowest BCUT2D eigenvalue weighted by Crippen LogP contribution is -2.67. The third-order valence-electron chi connectivity index (χ3n) is 5.42. The van der Waals surface area contributed by atoms with Gasteiger partial charge in [-0.2, -0.15) is 0 Å². The van der Waals surface area contributed by atoms with Gasteiger partial charge in [-0.1, -0.05) is 12.1 Å². The normalized spacial score (nSPS) is 30.0. The lowest BCUT2D eigenvalue weighted by molar-refractivity contribution is -0.311. The number of benzene rings is 2. The van der Waals surface area contributed by atoms with Gasteiger partial charge in [0.1, 0.15) is 35.9 Å². The molecule has 2 aromatic carbocycles. The third-order valence-corrected chi connectivity index (χ3v) is 5.42. The summed E-state index contributed by atoms with van der Waals surface area (Å²) < 4.78 is 24.8. The molecule has 1 fully saturated rings. The minimum Gasteiger partial charge on any atom is -0.490 e. The Morgan fingerprint density at radius 1 is 0.786 bits per heavy atom. The molecule has 152 valence electrons. The summed E-state index contributed by atoms with van der Waals surface area (Å²) in [6, 6.07) is 14.7. The minimum absolute atomic E-state index is 0.0742. The fourth-order valence-corrected chi connectivity index (χ4v) is 3.29. The molecule has 0 aromatic heterocycles. The second kappa shape index (κ2) is 7.89. The van der Waals surface area contributed by atoms with Gasteiger partial charge in [0.2, 0.25) is 0 Å². The van der Waals surface area contributed by atoms with Crippen LogP contribution in [0.2, 0.25) is 0 Å². The summed E-state index contributed by atoms with van der Waals surface area (Å²) in [7, 11) is 0. The SMILES string of the molecule is CC1OC(C)(COc2cccc(N)c2)C(C)(COc2cccc(N)c2)OC1C. The van der Waals surface area contributed by atoms with Gasteiger partial charge in [0.25, 0.3) is 0 Å². The van der Waals surface area contributed by atoms with Gasteiger partial charge in [-0.25, -0.2) is 0 Å². The van der Waals surface area contributed by atoms with Crippen LogP contribution in [0.15, 0.2) is 48.5 Å². The van der Waals surface area contributed by atoms with Crippen molar-refractivity contribution in [1.29, 1.82) is 0 Å². The minimum atomic E-state index is -0.732. The van der Waals surface area contributed by atoms with E-state index in [-0.39, 0.29) is 12.2 Å². The second-order valence-corrected chi connectivity index (χ2v) is 7.83. The van der Waals surface area contributed by atoms with Crippen molar-refractivity contribution in [3.8, 4) is 11.5 Å². The molecule has 0 aliphatic carbocycles. The monoisotopic (exact) mass is 386 g/mol. The zero-order valence-electron chi connectivity index (χ0n) is 17.0. The summed E-state index contributed by atoms with van der Waals surface area (Å²) in [5, 5.41) is 0. The number of anilines is 2. The van der Waals surface area contributed by atoms with E-state index in [1.807, 2.05) is 64.1 Å². The topological polar surface area (TPSA) is 89.0 Å². The van der Waals surface area contributed by atoms with Gasteiger partial charge in [-0.05, 0) is 52.0 Å². The summed E-state index contributed by atoms with van der Waals surface area (Å²) >= 11 is 0. The van der Waals surface area contributed by atoms with Crippen LogP contribution in [0, 0.1) is 0 Å². The predicted octanol–water partition coefficient (Wildman–Crippen LogP) is 3.65. The highest BCUT2D eigenvalue weighted by Crippen LogP contribution is 2.39. The van der Waals surface area contributed by atoms with E-state index in [9.17, 15) is 0 Å². The van der Waals surface area contributed by atoms with E-state index in [0.717, 1.165) is 0 Å². The fraction of sp³-hybridized carbons (Fsp3) is 0.455. The Kier molecular flexibility index (Phi) is 5.72. The van der Waals surface area contributed by atoms with Crippen molar-refractivity contribution in [2.75, 3.05) is 24.7 Å². The van der Waals surface area contributed by atoms with Gasteiger partial charge < -0.3 is 30.4 Å². The maximum Gasteiger partial charge on any atom is 0.132 e. The molecule has 6 nitrogen and oxygen atoms in total.